The van der Waals surface area contributed by atoms with Crippen molar-refractivity contribution in [2.24, 2.45) is 0 Å². The molecule has 2 amide bonds. The van der Waals surface area contributed by atoms with Crippen molar-refractivity contribution >= 4 is 22.8 Å². The van der Waals surface area contributed by atoms with Gasteiger partial charge in [0.05, 0.1) is 19.8 Å². The Morgan fingerprint density at radius 1 is 1.14 bits per heavy atom. The standard InChI is InChI=1S/C21H24N4O3/c1-15-3-2-4-18-20(15)24-19(28-18)13-22-21(26)23-17-7-5-16(6-8-17)14-25-9-11-27-12-10-25/h2-8H,9-14H2,1H3,(H2,22,23,26). The summed E-state index contributed by atoms with van der Waals surface area (Å²) in [4.78, 5) is 19.0. The minimum atomic E-state index is -0.292. The summed E-state index contributed by atoms with van der Waals surface area (Å²) in [5.41, 5.74) is 4.57. The van der Waals surface area contributed by atoms with E-state index in [4.69, 9.17) is 9.15 Å². The molecule has 4 rings (SSSR count). The number of carbonyl (C=O) groups excluding carboxylic acids is 1. The Balaban J connectivity index is 1.28. The van der Waals surface area contributed by atoms with Gasteiger partial charge in [-0.15, -0.1) is 0 Å². The highest BCUT2D eigenvalue weighted by molar-refractivity contribution is 5.89. The maximum Gasteiger partial charge on any atom is 0.319 e. The summed E-state index contributed by atoms with van der Waals surface area (Å²) >= 11 is 0. The quantitative estimate of drug-likeness (QED) is 0.710. The molecule has 1 aromatic heterocycles. The number of aryl methyl sites for hydroxylation is 1. The van der Waals surface area contributed by atoms with Crippen molar-refractivity contribution in [3.05, 3.63) is 59.5 Å². The first kappa shape index (κ1) is 18.5. The van der Waals surface area contributed by atoms with Gasteiger partial charge in [0.25, 0.3) is 0 Å². The van der Waals surface area contributed by atoms with E-state index in [-0.39, 0.29) is 12.6 Å². The monoisotopic (exact) mass is 380 g/mol. The summed E-state index contributed by atoms with van der Waals surface area (Å²) in [6, 6.07) is 13.4. The molecule has 0 saturated carbocycles. The number of amides is 2. The molecule has 2 N–H and O–H groups in total. The summed E-state index contributed by atoms with van der Waals surface area (Å²) < 4.78 is 11.0. The number of rotatable bonds is 5. The second kappa shape index (κ2) is 8.41. The van der Waals surface area contributed by atoms with Crippen molar-refractivity contribution < 1.29 is 13.9 Å². The molecule has 7 heteroatoms. The Hall–Kier alpha value is -2.90. The van der Waals surface area contributed by atoms with Gasteiger partial charge in [-0.25, -0.2) is 9.78 Å². The maximum atomic E-state index is 12.2. The highest BCUT2D eigenvalue weighted by Gasteiger charge is 2.11. The van der Waals surface area contributed by atoms with Gasteiger partial charge in [0, 0.05) is 25.3 Å². The van der Waals surface area contributed by atoms with Gasteiger partial charge in [-0.2, -0.15) is 0 Å². The number of nitrogens with one attached hydrogen (secondary N) is 2. The lowest BCUT2D eigenvalue weighted by atomic mass is 10.2. The predicted molar refractivity (Wildman–Crippen MR) is 107 cm³/mol. The number of oxazole rings is 1. The SMILES string of the molecule is Cc1cccc2oc(CNC(=O)Nc3ccc(CN4CCOCC4)cc3)nc12. The van der Waals surface area contributed by atoms with E-state index in [1.807, 2.05) is 49.4 Å². The number of urea groups is 1. The summed E-state index contributed by atoms with van der Waals surface area (Å²) in [6.45, 7) is 6.61. The Kier molecular flexibility index (Phi) is 5.55. The van der Waals surface area contributed by atoms with Crippen LogP contribution >= 0.6 is 0 Å². The van der Waals surface area contributed by atoms with Gasteiger partial charge in [0.15, 0.2) is 5.58 Å². The summed E-state index contributed by atoms with van der Waals surface area (Å²) in [5.74, 6) is 0.486. The topological polar surface area (TPSA) is 79.6 Å². The number of hydrogen-bond donors (Lipinski definition) is 2. The number of para-hydroxylation sites is 1. The van der Waals surface area contributed by atoms with Crippen LogP contribution in [-0.4, -0.2) is 42.2 Å². The van der Waals surface area contributed by atoms with E-state index in [0.717, 1.165) is 55.2 Å². The fraction of sp³-hybridized carbons (Fsp3) is 0.333. The van der Waals surface area contributed by atoms with E-state index < -0.39 is 0 Å². The molecule has 0 aliphatic carbocycles. The molecule has 0 bridgehead atoms. The Morgan fingerprint density at radius 3 is 2.68 bits per heavy atom. The zero-order valence-corrected chi connectivity index (χ0v) is 15.9. The zero-order chi connectivity index (χ0) is 19.3. The molecule has 0 unspecified atom stereocenters. The minimum Gasteiger partial charge on any atom is -0.439 e. The molecule has 0 radical (unpaired) electrons. The number of morpholine rings is 1. The van der Waals surface area contributed by atoms with Crippen molar-refractivity contribution in [1.29, 1.82) is 0 Å². The van der Waals surface area contributed by atoms with Crippen LogP contribution in [0.2, 0.25) is 0 Å². The van der Waals surface area contributed by atoms with Gasteiger partial charge in [-0.1, -0.05) is 24.3 Å². The molecule has 28 heavy (non-hydrogen) atoms. The summed E-state index contributed by atoms with van der Waals surface area (Å²) in [6.07, 6.45) is 0. The van der Waals surface area contributed by atoms with Crippen molar-refractivity contribution in [2.75, 3.05) is 31.6 Å². The number of fused-ring (bicyclic) bond motifs is 1. The van der Waals surface area contributed by atoms with E-state index in [2.05, 4.69) is 20.5 Å². The van der Waals surface area contributed by atoms with Crippen molar-refractivity contribution in [3.63, 3.8) is 0 Å². The summed E-state index contributed by atoms with van der Waals surface area (Å²) in [7, 11) is 0. The molecule has 3 aromatic rings. The molecular formula is C21H24N4O3. The molecule has 1 aliphatic heterocycles. The number of ether oxygens (including phenoxy) is 1. The smallest absolute Gasteiger partial charge is 0.319 e. The van der Waals surface area contributed by atoms with Crippen LogP contribution in [0.25, 0.3) is 11.1 Å². The molecular weight excluding hydrogens is 356 g/mol. The second-order valence-corrected chi connectivity index (χ2v) is 6.92. The molecule has 1 aliphatic rings. The molecule has 1 saturated heterocycles. The van der Waals surface area contributed by atoms with Crippen molar-refractivity contribution in [2.45, 2.75) is 20.0 Å². The number of carbonyl (C=O) groups is 1. The van der Waals surface area contributed by atoms with Crippen LogP contribution in [0.1, 0.15) is 17.0 Å². The third-order valence-electron chi connectivity index (χ3n) is 4.79. The van der Waals surface area contributed by atoms with Gasteiger partial charge in [-0.3, -0.25) is 4.90 Å². The molecule has 2 aromatic carbocycles. The molecule has 146 valence electrons. The number of benzene rings is 2. The Labute approximate surface area is 163 Å². The minimum absolute atomic E-state index is 0.231. The largest absolute Gasteiger partial charge is 0.439 e. The van der Waals surface area contributed by atoms with Crippen LogP contribution in [0, 0.1) is 6.92 Å². The highest BCUT2D eigenvalue weighted by Crippen LogP contribution is 2.18. The molecule has 2 heterocycles. The maximum absolute atomic E-state index is 12.2. The highest BCUT2D eigenvalue weighted by atomic mass is 16.5. The molecule has 1 fully saturated rings. The lowest BCUT2D eigenvalue weighted by molar-refractivity contribution is 0.0342. The first-order valence-electron chi connectivity index (χ1n) is 9.46. The van der Waals surface area contributed by atoms with Crippen molar-refractivity contribution in [1.82, 2.24) is 15.2 Å². The van der Waals surface area contributed by atoms with Crippen LogP contribution < -0.4 is 10.6 Å². The van der Waals surface area contributed by atoms with Crippen molar-refractivity contribution in [3.8, 4) is 0 Å². The average Bonchev–Trinajstić information content (AvgIpc) is 3.13. The third-order valence-corrected chi connectivity index (χ3v) is 4.79. The van der Waals surface area contributed by atoms with E-state index in [0.29, 0.717) is 5.89 Å². The third kappa shape index (κ3) is 4.49. The molecule has 0 spiro atoms. The zero-order valence-electron chi connectivity index (χ0n) is 15.9. The molecule has 7 nitrogen and oxygen atoms in total. The Morgan fingerprint density at radius 2 is 1.93 bits per heavy atom. The normalized spacial score (nSPS) is 14.9. The fourth-order valence-corrected chi connectivity index (χ4v) is 3.25. The lowest BCUT2D eigenvalue weighted by Crippen LogP contribution is -2.35. The summed E-state index contributed by atoms with van der Waals surface area (Å²) in [5, 5.41) is 5.61. The van der Waals surface area contributed by atoms with E-state index >= 15 is 0 Å². The van der Waals surface area contributed by atoms with E-state index in [1.165, 1.54) is 5.56 Å². The number of hydrogen-bond acceptors (Lipinski definition) is 5. The van der Waals surface area contributed by atoms with Gasteiger partial charge < -0.3 is 19.8 Å². The van der Waals surface area contributed by atoms with Crippen LogP contribution in [0.3, 0.4) is 0 Å². The van der Waals surface area contributed by atoms with Gasteiger partial charge in [0.2, 0.25) is 5.89 Å². The van der Waals surface area contributed by atoms with Crippen LogP contribution in [-0.2, 0) is 17.8 Å². The van der Waals surface area contributed by atoms with Crippen LogP contribution in [0.15, 0.2) is 46.9 Å². The molecule has 0 atom stereocenters. The van der Waals surface area contributed by atoms with Gasteiger partial charge in [0.1, 0.15) is 5.52 Å². The average molecular weight is 380 g/mol. The number of aromatic nitrogens is 1. The first-order chi connectivity index (χ1) is 13.7. The van der Waals surface area contributed by atoms with Gasteiger partial charge in [-0.05, 0) is 36.2 Å². The fourth-order valence-electron chi connectivity index (χ4n) is 3.25. The number of nitrogens with zero attached hydrogens (tertiary/aromatic N) is 2. The van der Waals surface area contributed by atoms with E-state index in [9.17, 15) is 4.79 Å². The van der Waals surface area contributed by atoms with E-state index in [1.54, 1.807) is 0 Å². The van der Waals surface area contributed by atoms with Crippen LogP contribution in [0.4, 0.5) is 10.5 Å². The predicted octanol–water partition coefficient (Wildman–Crippen LogP) is 3.29. The second-order valence-electron chi connectivity index (χ2n) is 6.92. The lowest BCUT2D eigenvalue weighted by Gasteiger charge is -2.26. The number of anilines is 1. The Bertz CT molecular complexity index is 946. The first-order valence-corrected chi connectivity index (χ1v) is 9.46. The van der Waals surface area contributed by atoms with Gasteiger partial charge >= 0.3 is 6.03 Å². The van der Waals surface area contributed by atoms with Crippen LogP contribution in [0.5, 0.6) is 0 Å².